The summed E-state index contributed by atoms with van der Waals surface area (Å²) in [6.45, 7) is 4.98. The van der Waals surface area contributed by atoms with E-state index in [1.54, 1.807) is 6.20 Å². The lowest BCUT2D eigenvalue weighted by atomic mass is 10.2. The van der Waals surface area contributed by atoms with E-state index in [4.69, 9.17) is 9.72 Å². The van der Waals surface area contributed by atoms with Gasteiger partial charge in [-0.15, -0.1) is 0 Å². The van der Waals surface area contributed by atoms with Crippen LogP contribution in [0.1, 0.15) is 13.3 Å². The third-order valence-corrected chi connectivity index (χ3v) is 4.11. The lowest BCUT2D eigenvalue weighted by molar-refractivity contribution is 0.145. The summed E-state index contributed by atoms with van der Waals surface area (Å²) >= 11 is 0. The van der Waals surface area contributed by atoms with E-state index in [0.717, 1.165) is 29.0 Å². The second kappa shape index (κ2) is 9.68. The van der Waals surface area contributed by atoms with Crippen molar-refractivity contribution in [2.75, 3.05) is 26.3 Å². The van der Waals surface area contributed by atoms with Gasteiger partial charge in [0.2, 0.25) is 0 Å². The van der Waals surface area contributed by atoms with Gasteiger partial charge < -0.3 is 19.9 Å². The first kappa shape index (κ1) is 18.8. The fourth-order valence-electron chi connectivity index (χ4n) is 2.84. The Labute approximate surface area is 158 Å². The van der Waals surface area contributed by atoms with Crippen LogP contribution in [0.25, 0.3) is 22.6 Å². The average Bonchev–Trinajstić information content (AvgIpc) is 3.07. The molecule has 2 heterocycles. The van der Waals surface area contributed by atoms with Crippen molar-refractivity contribution in [2.45, 2.75) is 19.9 Å². The standard InChI is InChI=1S/C20H25N5O2/c1-2-27-15-7-12-22-20(26)23-13-14-25-18(16-8-4-3-5-9-16)24-17-10-6-11-21-19(17)25/h3-6,8-11H,2,7,12-15H2,1H3,(H2,22,23,26). The first-order valence-corrected chi connectivity index (χ1v) is 9.25. The van der Waals surface area contributed by atoms with Gasteiger partial charge in [0.1, 0.15) is 11.3 Å². The minimum atomic E-state index is -0.176. The number of aromatic nitrogens is 3. The highest BCUT2D eigenvalue weighted by Crippen LogP contribution is 2.23. The fraction of sp³-hybridized carbons (Fsp3) is 0.350. The molecule has 27 heavy (non-hydrogen) atoms. The Hall–Kier alpha value is -2.93. The number of imidazole rings is 1. The molecule has 0 aliphatic carbocycles. The fourth-order valence-corrected chi connectivity index (χ4v) is 2.84. The monoisotopic (exact) mass is 367 g/mol. The molecule has 0 saturated heterocycles. The highest BCUT2D eigenvalue weighted by atomic mass is 16.5. The molecule has 1 aromatic carbocycles. The van der Waals surface area contributed by atoms with Crippen molar-refractivity contribution in [3.05, 3.63) is 48.7 Å². The number of fused-ring (bicyclic) bond motifs is 1. The van der Waals surface area contributed by atoms with Crippen molar-refractivity contribution >= 4 is 17.2 Å². The zero-order valence-corrected chi connectivity index (χ0v) is 15.5. The number of nitrogens with zero attached hydrogens (tertiary/aromatic N) is 3. The maximum atomic E-state index is 11.9. The second-order valence-electron chi connectivity index (χ2n) is 6.03. The van der Waals surface area contributed by atoms with Crippen LogP contribution in [-0.4, -0.2) is 46.9 Å². The molecule has 2 amide bonds. The van der Waals surface area contributed by atoms with Crippen LogP contribution in [0.2, 0.25) is 0 Å². The van der Waals surface area contributed by atoms with Gasteiger partial charge in [-0.1, -0.05) is 30.3 Å². The number of benzene rings is 1. The van der Waals surface area contributed by atoms with Crippen LogP contribution < -0.4 is 10.6 Å². The van der Waals surface area contributed by atoms with Crippen molar-refractivity contribution in [2.24, 2.45) is 0 Å². The molecule has 2 aromatic heterocycles. The Bertz CT molecular complexity index is 863. The molecule has 142 valence electrons. The summed E-state index contributed by atoms with van der Waals surface area (Å²) in [5.74, 6) is 0.850. The molecular weight excluding hydrogens is 342 g/mol. The van der Waals surface area contributed by atoms with Crippen LogP contribution in [-0.2, 0) is 11.3 Å². The molecule has 0 saturated carbocycles. The van der Waals surface area contributed by atoms with E-state index >= 15 is 0 Å². The molecule has 3 rings (SSSR count). The van der Waals surface area contributed by atoms with Crippen LogP contribution in [0, 0.1) is 0 Å². The van der Waals surface area contributed by atoms with E-state index in [9.17, 15) is 4.79 Å². The number of ether oxygens (including phenoxy) is 1. The van der Waals surface area contributed by atoms with E-state index in [2.05, 4.69) is 15.6 Å². The number of pyridine rings is 1. The summed E-state index contributed by atoms with van der Waals surface area (Å²) in [4.78, 5) is 21.1. The van der Waals surface area contributed by atoms with E-state index in [1.807, 2.05) is 54.0 Å². The zero-order chi connectivity index (χ0) is 18.9. The highest BCUT2D eigenvalue weighted by molar-refractivity contribution is 5.77. The molecule has 0 fully saturated rings. The van der Waals surface area contributed by atoms with E-state index in [0.29, 0.717) is 32.8 Å². The van der Waals surface area contributed by atoms with Crippen molar-refractivity contribution in [3.63, 3.8) is 0 Å². The quantitative estimate of drug-likeness (QED) is 0.570. The van der Waals surface area contributed by atoms with Gasteiger partial charge in [0.05, 0.1) is 0 Å². The van der Waals surface area contributed by atoms with Gasteiger partial charge in [-0.2, -0.15) is 0 Å². The lowest BCUT2D eigenvalue weighted by Gasteiger charge is -2.11. The van der Waals surface area contributed by atoms with Crippen molar-refractivity contribution in [3.8, 4) is 11.4 Å². The van der Waals surface area contributed by atoms with Crippen LogP contribution in [0.3, 0.4) is 0 Å². The largest absolute Gasteiger partial charge is 0.382 e. The van der Waals surface area contributed by atoms with Crippen LogP contribution in [0.15, 0.2) is 48.7 Å². The Morgan fingerprint density at radius 3 is 2.74 bits per heavy atom. The minimum absolute atomic E-state index is 0.176. The summed E-state index contributed by atoms with van der Waals surface area (Å²) in [7, 11) is 0. The molecular formula is C20H25N5O2. The van der Waals surface area contributed by atoms with Crippen LogP contribution >= 0.6 is 0 Å². The number of urea groups is 1. The van der Waals surface area contributed by atoms with E-state index in [-0.39, 0.29) is 6.03 Å². The first-order chi connectivity index (χ1) is 13.3. The molecule has 0 radical (unpaired) electrons. The summed E-state index contributed by atoms with van der Waals surface area (Å²) in [6, 6.07) is 13.6. The van der Waals surface area contributed by atoms with Gasteiger partial charge in [0, 0.05) is 44.6 Å². The van der Waals surface area contributed by atoms with Crippen molar-refractivity contribution in [1.82, 2.24) is 25.2 Å². The van der Waals surface area contributed by atoms with Gasteiger partial charge in [0.25, 0.3) is 0 Å². The van der Waals surface area contributed by atoms with Gasteiger partial charge in [-0.05, 0) is 25.5 Å². The Morgan fingerprint density at radius 1 is 1.11 bits per heavy atom. The number of amides is 2. The number of hydrogen-bond donors (Lipinski definition) is 2. The van der Waals surface area contributed by atoms with Crippen LogP contribution in [0.4, 0.5) is 4.79 Å². The Balaban J connectivity index is 1.62. The van der Waals surface area contributed by atoms with E-state index < -0.39 is 0 Å². The topological polar surface area (TPSA) is 81.1 Å². The highest BCUT2D eigenvalue weighted by Gasteiger charge is 2.13. The number of carbonyl (C=O) groups excluding carboxylic acids is 1. The number of carbonyl (C=O) groups is 1. The molecule has 0 aliphatic rings. The number of hydrogen-bond acceptors (Lipinski definition) is 4. The predicted octanol–water partition coefficient (Wildman–Crippen LogP) is 2.82. The number of nitrogens with one attached hydrogen (secondary N) is 2. The SMILES string of the molecule is CCOCCCNC(=O)NCCn1c(-c2ccccc2)nc2cccnc21. The molecule has 2 N–H and O–H groups in total. The predicted molar refractivity (Wildman–Crippen MR) is 105 cm³/mol. The van der Waals surface area contributed by atoms with Crippen molar-refractivity contribution in [1.29, 1.82) is 0 Å². The molecule has 0 unspecified atom stereocenters. The van der Waals surface area contributed by atoms with Crippen LogP contribution in [0.5, 0.6) is 0 Å². The summed E-state index contributed by atoms with van der Waals surface area (Å²) in [5, 5.41) is 5.72. The van der Waals surface area contributed by atoms with Crippen molar-refractivity contribution < 1.29 is 9.53 Å². The molecule has 7 nitrogen and oxygen atoms in total. The summed E-state index contributed by atoms with van der Waals surface area (Å²) in [5.41, 5.74) is 2.68. The minimum Gasteiger partial charge on any atom is -0.382 e. The maximum Gasteiger partial charge on any atom is 0.314 e. The van der Waals surface area contributed by atoms with Gasteiger partial charge in [-0.3, -0.25) is 0 Å². The Morgan fingerprint density at radius 2 is 1.93 bits per heavy atom. The smallest absolute Gasteiger partial charge is 0.314 e. The average molecular weight is 367 g/mol. The Kier molecular flexibility index (Phi) is 6.76. The first-order valence-electron chi connectivity index (χ1n) is 9.25. The number of rotatable bonds is 9. The molecule has 0 spiro atoms. The summed E-state index contributed by atoms with van der Waals surface area (Å²) < 4.78 is 7.29. The zero-order valence-electron chi connectivity index (χ0n) is 15.5. The second-order valence-corrected chi connectivity index (χ2v) is 6.03. The molecule has 0 bridgehead atoms. The molecule has 7 heteroatoms. The normalized spacial score (nSPS) is 10.9. The van der Waals surface area contributed by atoms with Gasteiger partial charge >= 0.3 is 6.03 Å². The molecule has 0 aliphatic heterocycles. The van der Waals surface area contributed by atoms with Gasteiger partial charge in [-0.25, -0.2) is 14.8 Å². The van der Waals surface area contributed by atoms with Gasteiger partial charge in [0.15, 0.2) is 5.65 Å². The van der Waals surface area contributed by atoms with E-state index in [1.165, 1.54) is 0 Å². The summed E-state index contributed by atoms with van der Waals surface area (Å²) in [6.07, 6.45) is 2.56. The molecule has 3 aromatic rings. The maximum absolute atomic E-state index is 11.9. The lowest BCUT2D eigenvalue weighted by Crippen LogP contribution is -2.38. The molecule has 0 atom stereocenters. The third kappa shape index (κ3) is 5.04. The third-order valence-electron chi connectivity index (χ3n) is 4.11.